The van der Waals surface area contributed by atoms with Gasteiger partial charge in [0.2, 0.25) is 0 Å². The van der Waals surface area contributed by atoms with Gasteiger partial charge >= 0.3 is 0 Å². The molecule has 0 radical (unpaired) electrons. The zero-order valence-corrected chi connectivity index (χ0v) is 43.5. The summed E-state index contributed by atoms with van der Waals surface area (Å²) in [5, 5.41) is 2.43. The number of benzene rings is 12. The lowest BCUT2D eigenvalue weighted by Crippen LogP contribution is -2.26. The second kappa shape index (κ2) is 16.9. The predicted octanol–water partition coefficient (Wildman–Crippen LogP) is 19.9. The minimum Gasteiger partial charge on any atom is -0.310 e. The zero-order chi connectivity index (χ0) is 51.7. The molecule has 0 saturated heterocycles. The van der Waals surface area contributed by atoms with Gasteiger partial charge in [-0.25, -0.2) is 0 Å². The Hall–Kier alpha value is -9.76. The van der Waals surface area contributed by atoms with Crippen LogP contribution in [0, 0.1) is 0 Å². The van der Waals surface area contributed by atoms with Crippen LogP contribution in [0.2, 0.25) is 0 Å². The molecule has 3 aliphatic rings. The fourth-order valence-corrected chi connectivity index (χ4v) is 14.2. The van der Waals surface area contributed by atoms with E-state index in [1.807, 2.05) is 0 Å². The van der Waals surface area contributed by atoms with Crippen LogP contribution in [0.5, 0.6) is 0 Å². The quantitative estimate of drug-likeness (QED) is 0.154. The van der Waals surface area contributed by atoms with Gasteiger partial charge in [0, 0.05) is 38.8 Å². The maximum atomic E-state index is 2.52. The molecule has 366 valence electrons. The monoisotopic (exact) mass is 992 g/mol. The van der Waals surface area contributed by atoms with Crippen LogP contribution in [0.3, 0.4) is 0 Å². The van der Waals surface area contributed by atoms with Crippen LogP contribution >= 0.6 is 0 Å². The first kappa shape index (κ1) is 44.5. The molecule has 1 aromatic heterocycles. The number of rotatable bonds is 7. The standard InChI is InChI=1S/C76H52N2/c1-75(2)66-31-14-9-24-57(66)61-43-41-54(47-70(61)75)77(53-39-36-50(37-40-53)49-20-5-3-6-21-49)55-42-44-63-62-28-13-18-35-71(62)78(73(63)48-55)72-45-38-52(46-65(72)51-22-7-4-8-23-51)56-29-19-30-64-60-27-12-17-34-69(60)76(74(56)64)67-32-15-10-25-58(67)59-26-11-16-33-68(59)76/h3-48H,1-2H3. The van der Waals surface area contributed by atoms with Gasteiger partial charge in [-0.3, -0.25) is 0 Å². The van der Waals surface area contributed by atoms with Crippen LogP contribution in [0.25, 0.3) is 94.3 Å². The molecule has 0 amide bonds. The van der Waals surface area contributed by atoms with Crippen molar-refractivity contribution in [3.63, 3.8) is 0 Å². The minimum atomic E-state index is -0.475. The van der Waals surface area contributed by atoms with E-state index >= 15 is 0 Å². The van der Waals surface area contributed by atoms with Gasteiger partial charge in [-0.05, 0) is 149 Å². The Kier molecular flexibility index (Phi) is 9.63. The maximum absolute atomic E-state index is 2.52. The maximum Gasteiger partial charge on any atom is 0.0731 e. The molecule has 0 atom stereocenters. The van der Waals surface area contributed by atoms with Crippen LogP contribution in [0.1, 0.15) is 47.2 Å². The van der Waals surface area contributed by atoms with Gasteiger partial charge in [-0.1, -0.05) is 238 Å². The lowest BCUT2D eigenvalue weighted by molar-refractivity contribution is 0.660. The molecule has 12 aromatic carbocycles. The summed E-state index contributed by atoms with van der Waals surface area (Å²) in [4.78, 5) is 2.46. The first-order valence-corrected chi connectivity index (χ1v) is 27.3. The molecule has 0 aliphatic heterocycles. The second-order valence-electron chi connectivity index (χ2n) is 21.9. The van der Waals surface area contributed by atoms with E-state index in [9.17, 15) is 0 Å². The molecule has 0 fully saturated rings. The van der Waals surface area contributed by atoms with Crippen LogP contribution < -0.4 is 4.90 Å². The summed E-state index contributed by atoms with van der Waals surface area (Å²) >= 11 is 0. The molecular weight excluding hydrogens is 941 g/mol. The summed E-state index contributed by atoms with van der Waals surface area (Å²) in [7, 11) is 0. The van der Waals surface area contributed by atoms with E-state index in [-0.39, 0.29) is 5.41 Å². The lowest BCUT2D eigenvalue weighted by Gasteiger charge is -2.32. The van der Waals surface area contributed by atoms with Crippen molar-refractivity contribution >= 4 is 38.9 Å². The molecule has 13 aromatic rings. The van der Waals surface area contributed by atoms with E-state index in [2.05, 4.69) is 302 Å². The number of hydrogen-bond acceptors (Lipinski definition) is 1. The Bertz CT molecular complexity index is 4510. The SMILES string of the molecule is CC1(C)c2ccccc2-c2ccc(N(c3ccc(-c4ccccc4)cc3)c3ccc4c5ccccc5n(-c5ccc(-c6cccc7c6C6(c8ccccc8-c8ccccc86)c6ccccc6-7)cc5-c5ccccc5)c4c3)cc21. The van der Waals surface area contributed by atoms with Crippen molar-refractivity contribution in [3.8, 4) is 72.4 Å². The minimum absolute atomic E-state index is 0.155. The summed E-state index contributed by atoms with van der Waals surface area (Å²) in [5.41, 5.74) is 29.3. The highest BCUT2D eigenvalue weighted by molar-refractivity contribution is 6.11. The average Bonchev–Trinajstić information content (AvgIpc) is 3.30. The molecule has 0 N–H and O–H groups in total. The fraction of sp³-hybridized carbons (Fsp3) is 0.0526. The van der Waals surface area contributed by atoms with E-state index in [1.54, 1.807) is 0 Å². The first-order chi connectivity index (χ1) is 38.5. The van der Waals surface area contributed by atoms with Gasteiger partial charge in [0.15, 0.2) is 0 Å². The highest BCUT2D eigenvalue weighted by Gasteiger charge is 2.52. The van der Waals surface area contributed by atoms with Gasteiger partial charge in [0.1, 0.15) is 0 Å². The number of anilines is 3. The average molecular weight is 993 g/mol. The van der Waals surface area contributed by atoms with Crippen LogP contribution in [-0.4, -0.2) is 4.57 Å². The Morgan fingerprint density at radius 3 is 1.45 bits per heavy atom. The molecule has 1 heterocycles. The van der Waals surface area contributed by atoms with Crippen molar-refractivity contribution in [1.82, 2.24) is 4.57 Å². The Morgan fingerprint density at radius 2 is 0.756 bits per heavy atom. The Balaban J connectivity index is 0.914. The van der Waals surface area contributed by atoms with E-state index in [0.717, 1.165) is 28.3 Å². The van der Waals surface area contributed by atoms with Crippen molar-refractivity contribution < 1.29 is 0 Å². The van der Waals surface area contributed by atoms with Crippen molar-refractivity contribution in [2.24, 2.45) is 0 Å². The van der Waals surface area contributed by atoms with Gasteiger partial charge in [-0.15, -0.1) is 0 Å². The smallest absolute Gasteiger partial charge is 0.0731 e. The van der Waals surface area contributed by atoms with E-state index in [1.165, 1.54) is 116 Å². The molecule has 78 heavy (non-hydrogen) atoms. The van der Waals surface area contributed by atoms with E-state index < -0.39 is 5.41 Å². The topological polar surface area (TPSA) is 8.17 Å². The number of para-hydroxylation sites is 1. The summed E-state index contributed by atoms with van der Waals surface area (Å²) < 4.78 is 2.52. The third-order valence-corrected chi connectivity index (χ3v) is 17.6. The van der Waals surface area contributed by atoms with Crippen LogP contribution in [-0.2, 0) is 10.8 Å². The van der Waals surface area contributed by atoms with Crippen molar-refractivity contribution in [2.45, 2.75) is 24.7 Å². The molecule has 0 unspecified atom stereocenters. The lowest BCUT2D eigenvalue weighted by atomic mass is 9.68. The molecule has 0 saturated carbocycles. The Labute approximate surface area is 455 Å². The summed E-state index contributed by atoms with van der Waals surface area (Å²) in [6, 6.07) is 104. The molecule has 0 bridgehead atoms. The largest absolute Gasteiger partial charge is 0.310 e. The van der Waals surface area contributed by atoms with Crippen molar-refractivity contribution in [3.05, 3.63) is 312 Å². The third kappa shape index (κ3) is 6.26. The van der Waals surface area contributed by atoms with Gasteiger partial charge in [0.05, 0.1) is 22.1 Å². The first-order valence-electron chi connectivity index (χ1n) is 27.3. The number of hydrogen-bond donors (Lipinski definition) is 0. The zero-order valence-electron chi connectivity index (χ0n) is 43.5. The predicted molar refractivity (Wildman–Crippen MR) is 326 cm³/mol. The normalized spacial score (nSPS) is 13.7. The van der Waals surface area contributed by atoms with Crippen LogP contribution in [0.4, 0.5) is 17.1 Å². The summed E-state index contributed by atoms with van der Waals surface area (Å²) in [5.74, 6) is 0. The molecule has 2 heteroatoms. The Morgan fingerprint density at radius 1 is 0.282 bits per heavy atom. The van der Waals surface area contributed by atoms with E-state index in [4.69, 9.17) is 0 Å². The highest BCUT2D eigenvalue weighted by atomic mass is 15.1. The molecule has 3 aliphatic carbocycles. The number of nitrogens with zero attached hydrogens (tertiary/aromatic N) is 2. The fourth-order valence-electron chi connectivity index (χ4n) is 14.2. The number of aromatic nitrogens is 1. The third-order valence-electron chi connectivity index (χ3n) is 17.6. The van der Waals surface area contributed by atoms with Gasteiger partial charge in [0.25, 0.3) is 0 Å². The van der Waals surface area contributed by atoms with Gasteiger partial charge in [-0.2, -0.15) is 0 Å². The molecule has 2 nitrogen and oxygen atoms in total. The summed E-state index contributed by atoms with van der Waals surface area (Å²) in [6.07, 6.45) is 0. The summed E-state index contributed by atoms with van der Waals surface area (Å²) in [6.45, 7) is 4.74. The van der Waals surface area contributed by atoms with Crippen molar-refractivity contribution in [2.75, 3.05) is 4.90 Å². The molecular formula is C76H52N2. The van der Waals surface area contributed by atoms with Crippen LogP contribution in [0.15, 0.2) is 279 Å². The highest BCUT2D eigenvalue weighted by Crippen LogP contribution is 2.64. The van der Waals surface area contributed by atoms with Gasteiger partial charge < -0.3 is 9.47 Å². The molecule has 16 rings (SSSR count). The number of fused-ring (bicyclic) bond motifs is 16. The van der Waals surface area contributed by atoms with Crippen molar-refractivity contribution in [1.29, 1.82) is 0 Å². The second-order valence-corrected chi connectivity index (χ2v) is 21.9. The van der Waals surface area contributed by atoms with E-state index in [0.29, 0.717) is 0 Å². The molecule has 1 spiro atoms.